The third-order valence-corrected chi connectivity index (χ3v) is 4.19. The molecule has 0 unspecified atom stereocenters. The van der Waals surface area contributed by atoms with Crippen LogP contribution < -0.4 is 5.32 Å². The molecule has 29 heavy (non-hydrogen) atoms. The summed E-state index contributed by atoms with van der Waals surface area (Å²) < 4.78 is 11.4. The molecule has 0 radical (unpaired) electrons. The third-order valence-electron chi connectivity index (χ3n) is 4.19. The summed E-state index contributed by atoms with van der Waals surface area (Å²) in [6.45, 7) is 13.3. The monoisotopic (exact) mass is 414 g/mol. The summed E-state index contributed by atoms with van der Waals surface area (Å²) in [4.78, 5) is 52.4. The highest BCUT2D eigenvalue weighted by molar-refractivity contribution is 6.01. The average Bonchev–Trinajstić information content (AvgIpc) is 2.83. The van der Waals surface area contributed by atoms with Crippen LogP contribution in [0.15, 0.2) is 0 Å². The van der Waals surface area contributed by atoms with Crippen LogP contribution in [0.5, 0.6) is 0 Å². The number of hydrogen-bond donors (Lipinski definition) is 1. The van der Waals surface area contributed by atoms with E-state index in [-0.39, 0.29) is 38.2 Å². The van der Waals surface area contributed by atoms with E-state index in [1.807, 2.05) is 34.6 Å². The van der Waals surface area contributed by atoms with Crippen LogP contribution in [0.25, 0.3) is 0 Å². The number of rotatable bonds is 11. The van der Waals surface area contributed by atoms with Gasteiger partial charge in [-0.05, 0) is 48.5 Å². The number of carbonyl (C=O) groups excluding carboxylic acids is 4. The predicted molar refractivity (Wildman–Crippen MR) is 104 cm³/mol. The van der Waals surface area contributed by atoms with Crippen LogP contribution in [-0.2, 0) is 33.5 Å². The number of nitrogens with zero attached hydrogens (tertiary/aromatic N) is 1. The molecule has 0 spiro atoms. The molecule has 0 saturated carbocycles. The van der Waals surface area contributed by atoms with Gasteiger partial charge in [-0.2, -0.15) is 0 Å². The molecule has 166 valence electrons. The first-order valence-corrected chi connectivity index (χ1v) is 9.82. The predicted octanol–water partition coefficient (Wildman–Crippen LogP) is 1.88. The highest BCUT2D eigenvalue weighted by Gasteiger charge is 2.35. The minimum atomic E-state index is -0.921. The lowest BCUT2D eigenvalue weighted by Crippen LogP contribution is -2.50. The molecule has 0 bridgehead atoms. The van der Waals surface area contributed by atoms with E-state index in [1.165, 1.54) is 0 Å². The van der Waals surface area contributed by atoms with Crippen molar-refractivity contribution in [3.05, 3.63) is 0 Å². The lowest BCUT2D eigenvalue weighted by atomic mass is 10.0. The van der Waals surface area contributed by atoms with Crippen molar-refractivity contribution in [3.63, 3.8) is 0 Å². The molecule has 0 aliphatic carbocycles. The topological polar surface area (TPSA) is 111 Å². The van der Waals surface area contributed by atoms with Gasteiger partial charge >= 0.3 is 5.97 Å². The molecule has 1 saturated heterocycles. The minimum absolute atomic E-state index is 0.0417. The van der Waals surface area contributed by atoms with Crippen molar-refractivity contribution in [1.29, 1.82) is 0 Å². The molecule has 9 heteroatoms. The Kier molecular flexibility index (Phi) is 8.35. The lowest BCUT2D eigenvalue weighted by molar-refractivity contribution is -0.201. The van der Waals surface area contributed by atoms with Gasteiger partial charge in [0, 0.05) is 19.4 Å². The second-order valence-electron chi connectivity index (χ2n) is 9.07. The summed E-state index contributed by atoms with van der Waals surface area (Å²) in [6.07, 6.45) is 0.128. The quantitative estimate of drug-likeness (QED) is 0.514. The lowest BCUT2D eigenvalue weighted by Gasteiger charge is -2.33. The van der Waals surface area contributed by atoms with E-state index < -0.39 is 34.5 Å². The van der Waals surface area contributed by atoms with Crippen molar-refractivity contribution in [3.8, 4) is 0 Å². The van der Waals surface area contributed by atoms with Crippen molar-refractivity contribution < 1.29 is 33.5 Å². The number of imide groups is 1. The average molecular weight is 414 g/mol. The maximum atomic E-state index is 12.3. The Morgan fingerprint density at radius 2 is 1.45 bits per heavy atom. The summed E-state index contributed by atoms with van der Waals surface area (Å²) in [5.74, 6) is -1.96. The number of hydrogen-bond acceptors (Lipinski definition) is 7. The Morgan fingerprint density at radius 1 is 0.931 bits per heavy atom. The maximum Gasteiger partial charge on any atom is 0.336 e. The molecule has 0 atom stereocenters. The zero-order chi connectivity index (χ0) is 22.5. The summed E-state index contributed by atoms with van der Waals surface area (Å²) in [7, 11) is 0. The van der Waals surface area contributed by atoms with Crippen molar-refractivity contribution in [2.24, 2.45) is 0 Å². The zero-order valence-corrected chi connectivity index (χ0v) is 18.5. The molecule has 3 amide bonds. The fraction of sp³-hybridized carbons (Fsp3) is 0.800. The van der Waals surface area contributed by atoms with Crippen molar-refractivity contribution in [1.82, 2.24) is 10.4 Å². The number of ether oxygens (including phenoxy) is 2. The number of hydroxylamine groups is 2. The van der Waals surface area contributed by atoms with Gasteiger partial charge in [0.2, 0.25) is 5.91 Å². The molecule has 1 rings (SSSR count). The highest BCUT2D eigenvalue weighted by atomic mass is 16.7. The molecule has 1 aliphatic heterocycles. The van der Waals surface area contributed by atoms with E-state index in [0.29, 0.717) is 11.7 Å². The maximum absolute atomic E-state index is 12.3. The SMILES string of the molecule is CCOC(C)(C)CC(=O)NC(C)(C)COC(C)(C)CC(=O)ON1C(=O)CCC1=O. The number of carbonyl (C=O) groups is 4. The normalized spacial score (nSPS) is 15.6. The van der Waals surface area contributed by atoms with Crippen LogP contribution in [0.3, 0.4) is 0 Å². The van der Waals surface area contributed by atoms with Gasteiger partial charge < -0.3 is 19.6 Å². The van der Waals surface area contributed by atoms with Crippen LogP contribution in [0.1, 0.15) is 74.1 Å². The molecule has 1 fully saturated rings. The van der Waals surface area contributed by atoms with Crippen molar-refractivity contribution >= 4 is 23.7 Å². The van der Waals surface area contributed by atoms with Crippen LogP contribution in [0, 0.1) is 0 Å². The van der Waals surface area contributed by atoms with E-state index >= 15 is 0 Å². The van der Waals surface area contributed by atoms with Crippen LogP contribution >= 0.6 is 0 Å². The van der Waals surface area contributed by atoms with Gasteiger partial charge in [-0.25, -0.2) is 4.79 Å². The Balaban J connectivity index is 2.51. The van der Waals surface area contributed by atoms with Gasteiger partial charge in [-0.1, -0.05) is 0 Å². The molecule has 1 aliphatic rings. The molecular formula is C20H34N2O7. The largest absolute Gasteiger partial charge is 0.375 e. The number of amides is 3. The summed E-state index contributed by atoms with van der Waals surface area (Å²) in [5.41, 5.74) is -2.17. The molecular weight excluding hydrogens is 380 g/mol. The fourth-order valence-corrected chi connectivity index (χ4v) is 2.85. The van der Waals surface area contributed by atoms with E-state index in [2.05, 4.69) is 5.32 Å². The van der Waals surface area contributed by atoms with Gasteiger partial charge in [0.15, 0.2) is 0 Å². The minimum Gasteiger partial charge on any atom is -0.375 e. The fourth-order valence-electron chi connectivity index (χ4n) is 2.85. The molecule has 1 heterocycles. The molecule has 1 N–H and O–H groups in total. The Morgan fingerprint density at radius 3 is 1.97 bits per heavy atom. The molecule has 0 aromatic rings. The Hall–Kier alpha value is -2.00. The Bertz CT molecular complexity index is 625. The van der Waals surface area contributed by atoms with E-state index in [0.717, 1.165) is 0 Å². The standard InChI is InChI=1S/C20H34N2O7/c1-8-27-19(4,5)11-14(23)21-18(2,3)13-28-20(6,7)12-17(26)29-22-15(24)9-10-16(22)25/h8-13H2,1-7H3,(H,21,23). The van der Waals surface area contributed by atoms with E-state index in [9.17, 15) is 19.2 Å². The summed E-state index contributed by atoms with van der Waals surface area (Å²) in [6, 6.07) is 0. The van der Waals surface area contributed by atoms with Crippen LogP contribution in [0.2, 0.25) is 0 Å². The van der Waals surface area contributed by atoms with Gasteiger partial charge in [-0.15, -0.1) is 5.06 Å². The second-order valence-corrected chi connectivity index (χ2v) is 9.07. The number of nitrogens with one attached hydrogen (secondary N) is 1. The first kappa shape index (κ1) is 25.0. The van der Waals surface area contributed by atoms with Gasteiger partial charge in [0.25, 0.3) is 11.8 Å². The van der Waals surface area contributed by atoms with Gasteiger partial charge in [0.05, 0.1) is 36.2 Å². The smallest absolute Gasteiger partial charge is 0.336 e. The Labute approximate surface area is 172 Å². The van der Waals surface area contributed by atoms with Crippen molar-refractivity contribution in [2.75, 3.05) is 13.2 Å². The van der Waals surface area contributed by atoms with E-state index in [1.54, 1.807) is 13.8 Å². The molecule has 0 aromatic carbocycles. The molecule has 0 aromatic heterocycles. The second kappa shape index (κ2) is 9.67. The summed E-state index contributed by atoms with van der Waals surface area (Å²) in [5, 5.41) is 3.43. The first-order valence-electron chi connectivity index (χ1n) is 9.82. The van der Waals surface area contributed by atoms with Crippen molar-refractivity contribution in [2.45, 2.75) is 90.9 Å². The molecule has 9 nitrogen and oxygen atoms in total. The summed E-state index contributed by atoms with van der Waals surface area (Å²) >= 11 is 0. The third kappa shape index (κ3) is 8.91. The van der Waals surface area contributed by atoms with Crippen LogP contribution in [-0.4, -0.2) is 58.7 Å². The van der Waals surface area contributed by atoms with Gasteiger partial charge in [-0.3, -0.25) is 14.4 Å². The zero-order valence-electron chi connectivity index (χ0n) is 18.5. The first-order chi connectivity index (χ1) is 13.2. The van der Waals surface area contributed by atoms with Gasteiger partial charge in [0.1, 0.15) is 0 Å². The van der Waals surface area contributed by atoms with Crippen LogP contribution in [0.4, 0.5) is 0 Å². The highest BCUT2D eigenvalue weighted by Crippen LogP contribution is 2.21. The van der Waals surface area contributed by atoms with E-state index in [4.69, 9.17) is 14.3 Å².